The van der Waals surface area contributed by atoms with E-state index in [-0.39, 0.29) is 0 Å². The van der Waals surface area contributed by atoms with Crippen molar-refractivity contribution in [2.45, 2.75) is 13.5 Å². The first-order valence-corrected chi connectivity index (χ1v) is 6.32. The van der Waals surface area contributed by atoms with Gasteiger partial charge in [0.2, 0.25) is 0 Å². The molecule has 0 fully saturated rings. The van der Waals surface area contributed by atoms with Gasteiger partial charge in [-0.3, -0.25) is 9.97 Å². The monoisotopic (exact) mass is 249 g/mol. The second-order valence-corrected chi connectivity index (χ2v) is 4.53. The summed E-state index contributed by atoms with van der Waals surface area (Å²) in [7, 11) is 0. The fourth-order valence-electron chi connectivity index (χ4n) is 2.15. The van der Waals surface area contributed by atoms with Crippen LogP contribution in [0.5, 0.6) is 0 Å². The molecule has 0 bridgehead atoms. The van der Waals surface area contributed by atoms with Crippen molar-refractivity contribution in [1.82, 2.24) is 9.97 Å². The minimum Gasteiger partial charge on any atom is -0.379 e. The molecule has 0 aliphatic carbocycles. The van der Waals surface area contributed by atoms with Crippen molar-refractivity contribution in [1.29, 1.82) is 0 Å². The van der Waals surface area contributed by atoms with Gasteiger partial charge in [0.25, 0.3) is 0 Å². The smallest absolute Gasteiger partial charge is 0.0705 e. The van der Waals surface area contributed by atoms with Crippen LogP contribution in [0.25, 0.3) is 10.9 Å². The zero-order chi connectivity index (χ0) is 13.1. The molecule has 0 saturated carbocycles. The Morgan fingerprint density at radius 1 is 1.05 bits per heavy atom. The number of aromatic nitrogens is 2. The van der Waals surface area contributed by atoms with E-state index in [9.17, 15) is 0 Å². The lowest BCUT2D eigenvalue weighted by molar-refractivity contribution is 1.13. The van der Waals surface area contributed by atoms with E-state index >= 15 is 0 Å². The van der Waals surface area contributed by atoms with E-state index in [1.54, 1.807) is 0 Å². The summed E-state index contributed by atoms with van der Waals surface area (Å²) in [6.07, 6.45) is 5.52. The molecule has 0 atom stereocenters. The van der Waals surface area contributed by atoms with Crippen molar-refractivity contribution in [3.05, 3.63) is 66.1 Å². The Bertz CT molecular complexity index is 702. The molecule has 1 aromatic carbocycles. The Kier molecular flexibility index (Phi) is 3.11. The van der Waals surface area contributed by atoms with E-state index < -0.39 is 0 Å². The minimum atomic E-state index is 0.773. The third-order valence-electron chi connectivity index (χ3n) is 3.25. The fraction of sp³-hybridized carbons (Fsp3) is 0.125. The van der Waals surface area contributed by atoms with Gasteiger partial charge in [-0.1, -0.05) is 18.2 Å². The second-order valence-electron chi connectivity index (χ2n) is 4.53. The fourth-order valence-corrected chi connectivity index (χ4v) is 2.15. The van der Waals surface area contributed by atoms with E-state index in [0.29, 0.717) is 0 Å². The van der Waals surface area contributed by atoms with E-state index in [1.807, 2.05) is 42.9 Å². The number of nitrogens with one attached hydrogen (secondary N) is 1. The molecule has 0 aliphatic rings. The number of fused-ring (bicyclic) bond motifs is 1. The summed E-state index contributed by atoms with van der Waals surface area (Å²) < 4.78 is 0. The Hall–Kier alpha value is -2.42. The Labute approximate surface area is 112 Å². The first-order valence-electron chi connectivity index (χ1n) is 6.32. The van der Waals surface area contributed by atoms with E-state index in [0.717, 1.165) is 17.7 Å². The normalized spacial score (nSPS) is 10.6. The summed E-state index contributed by atoms with van der Waals surface area (Å²) in [5, 5.41) is 4.62. The number of aryl methyl sites for hydroxylation is 1. The van der Waals surface area contributed by atoms with Crippen LogP contribution < -0.4 is 5.32 Å². The number of hydrogen-bond donors (Lipinski definition) is 1. The Balaban J connectivity index is 1.88. The summed E-state index contributed by atoms with van der Waals surface area (Å²) >= 11 is 0. The molecule has 0 aliphatic heterocycles. The van der Waals surface area contributed by atoms with Crippen molar-refractivity contribution < 1.29 is 0 Å². The molecule has 3 nitrogen and oxygen atoms in total. The van der Waals surface area contributed by atoms with Crippen LogP contribution in [0.4, 0.5) is 5.69 Å². The number of hydrogen-bond acceptors (Lipinski definition) is 3. The van der Waals surface area contributed by atoms with Gasteiger partial charge in [-0.2, -0.15) is 0 Å². The molecular weight excluding hydrogens is 234 g/mol. The van der Waals surface area contributed by atoms with Crippen molar-refractivity contribution >= 4 is 16.6 Å². The number of para-hydroxylation sites is 1. The molecule has 1 N–H and O–H groups in total. The molecule has 19 heavy (non-hydrogen) atoms. The number of rotatable bonds is 3. The van der Waals surface area contributed by atoms with Crippen LogP contribution in [0.1, 0.15) is 11.1 Å². The molecule has 94 valence electrons. The van der Waals surface area contributed by atoms with Gasteiger partial charge in [0.05, 0.1) is 17.4 Å². The molecule has 0 radical (unpaired) electrons. The summed E-state index contributed by atoms with van der Waals surface area (Å²) in [5.74, 6) is 0. The van der Waals surface area contributed by atoms with Gasteiger partial charge < -0.3 is 5.32 Å². The largest absolute Gasteiger partial charge is 0.379 e. The highest BCUT2D eigenvalue weighted by Crippen LogP contribution is 2.18. The maximum absolute atomic E-state index is 4.37. The zero-order valence-electron chi connectivity index (χ0n) is 10.8. The van der Waals surface area contributed by atoms with Crippen LogP contribution in [0, 0.1) is 6.92 Å². The maximum atomic E-state index is 4.37. The van der Waals surface area contributed by atoms with Gasteiger partial charge in [0, 0.05) is 24.3 Å². The first-order chi connectivity index (χ1) is 9.34. The lowest BCUT2D eigenvalue weighted by Gasteiger charge is -2.10. The van der Waals surface area contributed by atoms with Crippen LogP contribution in [0.15, 0.2) is 55.0 Å². The maximum Gasteiger partial charge on any atom is 0.0705 e. The predicted molar refractivity (Wildman–Crippen MR) is 78.0 cm³/mol. The van der Waals surface area contributed by atoms with Gasteiger partial charge >= 0.3 is 0 Å². The molecule has 3 aromatic rings. The second kappa shape index (κ2) is 5.06. The highest BCUT2D eigenvalue weighted by molar-refractivity contribution is 5.82. The average Bonchev–Trinajstić information content (AvgIpc) is 2.46. The van der Waals surface area contributed by atoms with Gasteiger partial charge in [0.15, 0.2) is 0 Å². The van der Waals surface area contributed by atoms with Gasteiger partial charge in [0.1, 0.15) is 0 Å². The molecule has 3 heteroatoms. The molecule has 0 spiro atoms. The van der Waals surface area contributed by atoms with Gasteiger partial charge in [-0.15, -0.1) is 0 Å². The third-order valence-corrected chi connectivity index (χ3v) is 3.25. The molecule has 2 aromatic heterocycles. The standard InChI is InChI=1S/C16H15N3/c1-12-6-8-17-11-16(12)19-10-13-7-9-18-15-5-3-2-4-14(13)15/h2-9,11,19H,10H2,1H3. The van der Waals surface area contributed by atoms with Crippen LogP contribution >= 0.6 is 0 Å². The number of benzene rings is 1. The Morgan fingerprint density at radius 3 is 2.84 bits per heavy atom. The lowest BCUT2D eigenvalue weighted by Crippen LogP contribution is -2.02. The zero-order valence-corrected chi connectivity index (χ0v) is 10.8. The molecule has 3 rings (SSSR count). The SMILES string of the molecule is Cc1ccncc1NCc1ccnc2ccccc12. The average molecular weight is 249 g/mol. The molecular formula is C16H15N3. The molecule has 0 saturated heterocycles. The van der Waals surface area contributed by atoms with Gasteiger partial charge in [-0.25, -0.2) is 0 Å². The molecule has 0 unspecified atom stereocenters. The predicted octanol–water partition coefficient (Wildman–Crippen LogP) is 3.55. The summed E-state index contributed by atoms with van der Waals surface area (Å²) in [6.45, 7) is 2.85. The van der Waals surface area contributed by atoms with Gasteiger partial charge in [-0.05, 0) is 36.2 Å². The van der Waals surface area contributed by atoms with Crippen molar-refractivity contribution in [2.24, 2.45) is 0 Å². The van der Waals surface area contributed by atoms with Crippen LogP contribution in [-0.2, 0) is 6.54 Å². The van der Waals surface area contributed by atoms with E-state index in [2.05, 4.69) is 34.3 Å². The van der Waals surface area contributed by atoms with E-state index in [4.69, 9.17) is 0 Å². The number of nitrogens with zero attached hydrogens (tertiary/aromatic N) is 2. The Morgan fingerprint density at radius 2 is 1.95 bits per heavy atom. The number of pyridine rings is 2. The lowest BCUT2D eigenvalue weighted by atomic mass is 10.1. The highest BCUT2D eigenvalue weighted by Gasteiger charge is 2.02. The molecule has 0 amide bonds. The van der Waals surface area contributed by atoms with E-state index in [1.165, 1.54) is 16.5 Å². The summed E-state index contributed by atoms with van der Waals surface area (Å²) in [5.41, 5.74) is 4.55. The number of anilines is 1. The summed E-state index contributed by atoms with van der Waals surface area (Å²) in [4.78, 5) is 8.52. The third kappa shape index (κ3) is 2.40. The van der Waals surface area contributed by atoms with Crippen LogP contribution in [-0.4, -0.2) is 9.97 Å². The van der Waals surface area contributed by atoms with Crippen LogP contribution in [0.2, 0.25) is 0 Å². The quantitative estimate of drug-likeness (QED) is 0.771. The first kappa shape index (κ1) is 11.7. The molecule has 2 heterocycles. The van der Waals surface area contributed by atoms with Crippen LogP contribution in [0.3, 0.4) is 0 Å². The minimum absolute atomic E-state index is 0.773. The van der Waals surface area contributed by atoms with Crippen molar-refractivity contribution in [3.63, 3.8) is 0 Å². The highest BCUT2D eigenvalue weighted by atomic mass is 14.9. The van der Waals surface area contributed by atoms with Crippen molar-refractivity contribution in [3.8, 4) is 0 Å². The topological polar surface area (TPSA) is 37.8 Å². The van der Waals surface area contributed by atoms with Crippen molar-refractivity contribution in [2.75, 3.05) is 5.32 Å². The summed E-state index contributed by atoms with van der Waals surface area (Å²) in [6, 6.07) is 12.3.